The zero-order valence-electron chi connectivity index (χ0n) is 18.4. The second kappa shape index (κ2) is 7.85. The fourth-order valence-electron chi connectivity index (χ4n) is 5.66. The van der Waals surface area contributed by atoms with E-state index >= 15 is 0 Å². The van der Waals surface area contributed by atoms with Crippen LogP contribution in [0.25, 0.3) is 16.6 Å². The van der Waals surface area contributed by atoms with Crippen molar-refractivity contribution in [3.05, 3.63) is 82.0 Å². The lowest BCUT2D eigenvalue weighted by Crippen LogP contribution is -2.38. The van der Waals surface area contributed by atoms with Gasteiger partial charge in [-0.05, 0) is 72.2 Å². The van der Waals surface area contributed by atoms with Gasteiger partial charge in [-0.3, -0.25) is 14.0 Å². The third-order valence-corrected chi connectivity index (χ3v) is 7.34. The Hall–Kier alpha value is -3.45. The number of hydrogen-bond acceptors (Lipinski definition) is 4. The topological polar surface area (TPSA) is 91.3 Å². The maximum absolute atomic E-state index is 12.6. The highest BCUT2D eigenvalue weighted by atomic mass is 16.2. The molecular weight excluding hydrogens is 414 g/mol. The van der Waals surface area contributed by atoms with E-state index in [1.165, 1.54) is 41.8 Å². The van der Waals surface area contributed by atoms with Crippen LogP contribution in [0.15, 0.2) is 59.5 Å². The molecule has 7 heteroatoms. The molecule has 4 aromatic rings. The number of H-pyrrole nitrogens is 1. The molecule has 0 spiro atoms. The van der Waals surface area contributed by atoms with Gasteiger partial charge in [0.15, 0.2) is 0 Å². The molecule has 0 saturated heterocycles. The number of aromatic nitrogens is 3. The third-order valence-electron chi connectivity index (χ3n) is 7.34. The number of rotatable bonds is 7. The van der Waals surface area contributed by atoms with Crippen LogP contribution in [-0.2, 0) is 13.1 Å². The van der Waals surface area contributed by atoms with E-state index in [0.717, 1.165) is 35.5 Å². The molecule has 3 aliphatic rings. The predicted molar refractivity (Wildman–Crippen MR) is 127 cm³/mol. The Morgan fingerprint density at radius 2 is 2.06 bits per heavy atom. The lowest BCUT2D eigenvalue weighted by molar-refractivity contribution is 0.0946. The summed E-state index contributed by atoms with van der Waals surface area (Å²) in [6.45, 7) is 2.32. The Balaban J connectivity index is 1.09. The fourth-order valence-corrected chi connectivity index (χ4v) is 5.66. The average Bonchev–Trinajstić information content (AvgIpc) is 3.51. The first-order valence-corrected chi connectivity index (χ1v) is 11.6. The van der Waals surface area contributed by atoms with E-state index < -0.39 is 0 Å². The number of carbonyl (C=O) groups is 1. The molecule has 1 aromatic carbocycles. The first-order valence-electron chi connectivity index (χ1n) is 11.6. The monoisotopic (exact) mass is 441 g/mol. The number of nitrogens with one attached hydrogen (secondary N) is 3. The van der Waals surface area contributed by atoms with Crippen molar-refractivity contribution in [2.24, 2.45) is 11.3 Å². The van der Waals surface area contributed by atoms with Crippen molar-refractivity contribution in [2.45, 2.75) is 38.8 Å². The molecule has 33 heavy (non-hydrogen) atoms. The lowest BCUT2D eigenvalue weighted by Gasteiger charge is -2.38. The summed E-state index contributed by atoms with van der Waals surface area (Å²) in [6, 6.07) is 14.9. The number of aromatic amines is 1. The van der Waals surface area contributed by atoms with Gasteiger partial charge in [0, 0.05) is 43.1 Å². The molecule has 7 rings (SSSR count). The SMILES string of the molecule is O=C(NCc1ccc2cc(CNCC34CCC(C3)C4)[nH]c2c1)c1cc(=O)n2ccccc2n1. The van der Waals surface area contributed by atoms with Gasteiger partial charge < -0.3 is 15.6 Å². The second-order valence-corrected chi connectivity index (χ2v) is 9.72. The zero-order chi connectivity index (χ0) is 22.4. The molecule has 3 aromatic heterocycles. The van der Waals surface area contributed by atoms with Crippen LogP contribution in [0.4, 0.5) is 0 Å². The zero-order valence-corrected chi connectivity index (χ0v) is 18.4. The van der Waals surface area contributed by atoms with Crippen molar-refractivity contribution in [3.63, 3.8) is 0 Å². The minimum Gasteiger partial charge on any atom is -0.357 e. The van der Waals surface area contributed by atoms with E-state index in [1.54, 1.807) is 24.4 Å². The van der Waals surface area contributed by atoms with Crippen molar-refractivity contribution in [2.75, 3.05) is 6.54 Å². The number of benzene rings is 1. The highest BCUT2D eigenvalue weighted by Gasteiger charge is 2.49. The summed E-state index contributed by atoms with van der Waals surface area (Å²) in [7, 11) is 0. The molecule has 3 fully saturated rings. The molecule has 1 amide bonds. The van der Waals surface area contributed by atoms with Gasteiger partial charge in [-0.2, -0.15) is 0 Å². The van der Waals surface area contributed by atoms with Crippen LogP contribution < -0.4 is 16.2 Å². The minimum absolute atomic E-state index is 0.125. The van der Waals surface area contributed by atoms with Gasteiger partial charge in [0.25, 0.3) is 11.5 Å². The molecule has 168 valence electrons. The van der Waals surface area contributed by atoms with E-state index in [-0.39, 0.29) is 17.2 Å². The van der Waals surface area contributed by atoms with Gasteiger partial charge in [-0.25, -0.2) is 4.98 Å². The van der Waals surface area contributed by atoms with E-state index in [9.17, 15) is 9.59 Å². The van der Waals surface area contributed by atoms with Gasteiger partial charge in [-0.1, -0.05) is 18.2 Å². The predicted octanol–water partition coefficient (Wildman–Crippen LogP) is 3.39. The summed E-state index contributed by atoms with van der Waals surface area (Å²) < 4.78 is 1.42. The fraction of sp³-hybridized carbons (Fsp3) is 0.346. The summed E-state index contributed by atoms with van der Waals surface area (Å²) in [5.74, 6) is 0.636. The number of hydrogen-bond donors (Lipinski definition) is 3. The van der Waals surface area contributed by atoms with Crippen LogP contribution in [0, 0.1) is 11.3 Å². The highest BCUT2D eigenvalue weighted by molar-refractivity contribution is 5.92. The van der Waals surface area contributed by atoms with Crippen LogP contribution in [0.5, 0.6) is 0 Å². The molecule has 0 atom stereocenters. The minimum atomic E-state index is -0.362. The molecule has 0 aliphatic heterocycles. The quantitative estimate of drug-likeness (QED) is 0.410. The third kappa shape index (κ3) is 3.82. The summed E-state index contributed by atoms with van der Waals surface area (Å²) in [6.07, 6.45) is 7.26. The Bertz CT molecular complexity index is 1410. The standard InChI is InChI=1S/C26H27N5O2/c32-24-11-22(30-23-3-1-2-8-31(23)24)25(33)28-14-17-4-5-19-10-20(29-21(19)9-17)15-27-16-26-7-6-18(12-26)13-26/h1-5,8-11,18,27,29H,6-7,12-16H2,(H,28,33). The molecule has 3 N–H and O–H groups in total. The molecular formula is C26H27N5O2. The van der Waals surface area contributed by atoms with E-state index in [4.69, 9.17) is 0 Å². The van der Waals surface area contributed by atoms with Crippen LogP contribution >= 0.6 is 0 Å². The Morgan fingerprint density at radius 1 is 1.15 bits per heavy atom. The van der Waals surface area contributed by atoms with Crippen LogP contribution in [-0.4, -0.2) is 26.8 Å². The van der Waals surface area contributed by atoms with Gasteiger partial charge in [0.05, 0.1) is 0 Å². The number of nitrogens with zero attached hydrogens (tertiary/aromatic N) is 2. The normalized spacial score (nSPS) is 21.4. The molecule has 7 nitrogen and oxygen atoms in total. The largest absolute Gasteiger partial charge is 0.357 e. The van der Waals surface area contributed by atoms with Crippen LogP contribution in [0.2, 0.25) is 0 Å². The molecule has 3 saturated carbocycles. The number of fused-ring (bicyclic) bond motifs is 3. The average molecular weight is 442 g/mol. The van der Waals surface area contributed by atoms with Gasteiger partial charge in [0.1, 0.15) is 11.3 Å². The smallest absolute Gasteiger partial charge is 0.270 e. The van der Waals surface area contributed by atoms with E-state index in [1.807, 2.05) is 6.07 Å². The van der Waals surface area contributed by atoms with Crippen LogP contribution in [0.1, 0.15) is 47.4 Å². The van der Waals surface area contributed by atoms with Gasteiger partial charge in [-0.15, -0.1) is 0 Å². The molecule has 0 unspecified atom stereocenters. The highest BCUT2D eigenvalue weighted by Crippen LogP contribution is 2.58. The van der Waals surface area contributed by atoms with Crippen LogP contribution in [0.3, 0.4) is 0 Å². The Labute approximate surface area is 191 Å². The lowest BCUT2D eigenvalue weighted by atomic mass is 9.70. The van der Waals surface area contributed by atoms with E-state index in [0.29, 0.717) is 17.6 Å². The van der Waals surface area contributed by atoms with Crippen molar-refractivity contribution in [1.82, 2.24) is 25.0 Å². The molecule has 3 heterocycles. The first kappa shape index (κ1) is 20.2. The Kier molecular flexibility index (Phi) is 4.80. The molecule has 2 bridgehead atoms. The van der Waals surface area contributed by atoms with Gasteiger partial charge in [0.2, 0.25) is 0 Å². The number of amides is 1. The number of pyridine rings is 1. The van der Waals surface area contributed by atoms with Crippen molar-refractivity contribution in [3.8, 4) is 0 Å². The van der Waals surface area contributed by atoms with E-state index in [2.05, 4.69) is 38.8 Å². The second-order valence-electron chi connectivity index (χ2n) is 9.72. The molecule has 3 aliphatic carbocycles. The summed E-state index contributed by atoms with van der Waals surface area (Å²) in [5.41, 5.74) is 4.10. The molecule has 0 radical (unpaired) electrons. The Morgan fingerprint density at radius 3 is 2.91 bits per heavy atom. The number of carbonyl (C=O) groups excluding carboxylic acids is 1. The van der Waals surface area contributed by atoms with Crippen molar-refractivity contribution < 1.29 is 4.79 Å². The summed E-state index contributed by atoms with van der Waals surface area (Å²) >= 11 is 0. The summed E-state index contributed by atoms with van der Waals surface area (Å²) in [5, 5.41) is 7.69. The maximum Gasteiger partial charge on any atom is 0.270 e. The summed E-state index contributed by atoms with van der Waals surface area (Å²) in [4.78, 5) is 32.6. The van der Waals surface area contributed by atoms with Crippen molar-refractivity contribution >= 4 is 22.5 Å². The maximum atomic E-state index is 12.6. The van der Waals surface area contributed by atoms with Crippen molar-refractivity contribution in [1.29, 1.82) is 0 Å². The van der Waals surface area contributed by atoms with Gasteiger partial charge >= 0.3 is 0 Å². The first-order chi connectivity index (χ1) is 16.1.